The lowest BCUT2D eigenvalue weighted by molar-refractivity contribution is 0.474. The lowest BCUT2D eigenvalue weighted by Crippen LogP contribution is -2.39. The Labute approximate surface area is 154 Å². The van der Waals surface area contributed by atoms with Crippen LogP contribution in [0.15, 0.2) is 29.5 Å². The molecule has 2 aromatic rings. The van der Waals surface area contributed by atoms with Crippen LogP contribution in [0.5, 0.6) is 0 Å². The van der Waals surface area contributed by atoms with Gasteiger partial charge in [0.2, 0.25) is 0 Å². The second kappa shape index (κ2) is 8.85. The average Bonchev–Trinajstić information content (AvgIpc) is 2.94. The Bertz CT molecular complexity index is 705. The van der Waals surface area contributed by atoms with Crippen molar-refractivity contribution in [1.82, 2.24) is 25.0 Å². The number of hydrogen-bond donors (Lipinski definition) is 1. The number of hydrogen-bond acceptors (Lipinski definition) is 3. The Morgan fingerprint density at radius 1 is 1.40 bits per heavy atom. The topological polar surface area (TPSA) is 58.3 Å². The third-order valence-electron chi connectivity index (χ3n) is 3.95. The quantitative estimate of drug-likeness (QED) is 0.487. The molecule has 0 spiro atoms. The van der Waals surface area contributed by atoms with Crippen molar-refractivity contribution in [2.75, 3.05) is 20.6 Å². The van der Waals surface area contributed by atoms with Gasteiger partial charge < -0.3 is 10.2 Å². The number of halogens is 1. The molecule has 0 aliphatic carbocycles. The molecule has 0 bridgehead atoms. The third-order valence-corrected chi connectivity index (χ3v) is 4.17. The standard InChI is InChI=1S/C18H27ClN6/c1-13(2)17-15(12-25(5)23-17)11-24(4)18(20-3)21-9-8-14-6-7-16(19)22-10-14/h6-7,10,12-13H,8-9,11H2,1-5H3,(H,20,21). The van der Waals surface area contributed by atoms with E-state index in [-0.39, 0.29) is 0 Å². The molecule has 1 N–H and O–H groups in total. The molecule has 25 heavy (non-hydrogen) atoms. The summed E-state index contributed by atoms with van der Waals surface area (Å²) < 4.78 is 1.88. The van der Waals surface area contributed by atoms with Crippen LogP contribution in [0.2, 0.25) is 5.15 Å². The molecule has 0 fully saturated rings. The van der Waals surface area contributed by atoms with Crippen LogP contribution in [-0.2, 0) is 20.0 Å². The van der Waals surface area contributed by atoms with Crippen molar-refractivity contribution in [1.29, 1.82) is 0 Å². The van der Waals surface area contributed by atoms with E-state index in [0.717, 1.165) is 36.7 Å². The zero-order chi connectivity index (χ0) is 18.4. The minimum Gasteiger partial charge on any atom is -0.356 e. The molecule has 0 saturated carbocycles. The average molecular weight is 363 g/mol. The van der Waals surface area contributed by atoms with Gasteiger partial charge in [-0.25, -0.2) is 4.98 Å². The summed E-state index contributed by atoms with van der Waals surface area (Å²) in [5.74, 6) is 1.26. The van der Waals surface area contributed by atoms with Crippen LogP contribution in [0.3, 0.4) is 0 Å². The number of nitrogens with one attached hydrogen (secondary N) is 1. The number of rotatable bonds is 6. The highest BCUT2D eigenvalue weighted by Gasteiger charge is 2.14. The molecule has 136 valence electrons. The summed E-state index contributed by atoms with van der Waals surface area (Å²) in [5.41, 5.74) is 3.51. The van der Waals surface area contributed by atoms with Gasteiger partial charge in [0.05, 0.1) is 5.69 Å². The summed E-state index contributed by atoms with van der Waals surface area (Å²) in [5, 5.41) is 8.48. The van der Waals surface area contributed by atoms with E-state index < -0.39 is 0 Å². The van der Waals surface area contributed by atoms with Crippen molar-refractivity contribution in [2.45, 2.75) is 32.7 Å². The maximum Gasteiger partial charge on any atom is 0.193 e. The number of guanidine groups is 1. The summed E-state index contributed by atoms with van der Waals surface area (Å²) in [6, 6.07) is 3.81. The highest BCUT2D eigenvalue weighted by atomic mass is 35.5. The van der Waals surface area contributed by atoms with Crippen LogP contribution in [0.25, 0.3) is 0 Å². The second-order valence-corrected chi connectivity index (χ2v) is 6.82. The van der Waals surface area contributed by atoms with E-state index in [1.165, 1.54) is 5.56 Å². The Morgan fingerprint density at radius 2 is 2.16 bits per heavy atom. The molecule has 6 nitrogen and oxygen atoms in total. The van der Waals surface area contributed by atoms with Crippen molar-refractivity contribution in [3.8, 4) is 0 Å². The number of aromatic nitrogens is 3. The lowest BCUT2D eigenvalue weighted by Gasteiger charge is -2.22. The van der Waals surface area contributed by atoms with E-state index in [4.69, 9.17) is 11.6 Å². The molecule has 0 unspecified atom stereocenters. The van der Waals surface area contributed by atoms with Crippen molar-refractivity contribution < 1.29 is 0 Å². The predicted octanol–water partition coefficient (Wildman–Crippen LogP) is 2.84. The molecule has 0 aliphatic heterocycles. The van der Waals surface area contributed by atoms with Crippen molar-refractivity contribution in [2.24, 2.45) is 12.0 Å². The summed E-state index contributed by atoms with van der Waals surface area (Å²) in [6.45, 7) is 5.88. The van der Waals surface area contributed by atoms with Crippen LogP contribution in [0.1, 0.15) is 36.6 Å². The first-order valence-corrected chi connectivity index (χ1v) is 8.83. The van der Waals surface area contributed by atoms with E-state index in [1.807, 2.05) is 30.9 Å². The third kappa shape index (κ3) is 5.46. The second-order valence-electron chi connectivity index (χ2n) is 6.44. The molecule has 0 saturated heterocycles. The van der Waals surface area contributed by atoms with Gasteiger partial charge in [-0.1, -0.05) is 31.5 Å². The highest BCUT2D eigenvalue weighted by molar-refractivity contribution is 6.29. The van der Waals surface area contributed by atoms with E-state index in [0.29, 0.717) is 11.1 Å². The Kier molecular flexibility index (Phi) is 6.82. The number of aliphatic imine (C=N–C) groups is 1. The zero-order valence-electron chi connectivity index (χ0n) is 15.6. The minimum absolute atomic E-state index is 0.400. The van der Waals surface area contributed by atoms with E-state index >= 15 is 0 Å². The highest BCUT2D eigenvalue weighted by Crippen LogP contribution is 2.18. The molecule has 2 aromatic heterocycles. The Hall–Kier alpha value is -2.08. The molecule has 0 atom stereocenters. The van der Waals surface area contributed by atoms with Gasteiger partial charge >= 0.3 is 0 Å². The molecule has 0 aliphatic rings. The molecular weight excluding hydrogens is 336 g/mol. The van der Waals surface area contributed by atoms with Crippen LogP contribution in [0.4, 0.5) is 0 Å². The van der Waals surface area contributed by atoms with E-state index in [1.54, 1.807) is 13.2 Å². The van der Waals surface area contributed by atoms with Gasteiger partial charge in [-0.05, 0) is 24.0 Å². The zero-order valence-corrected chi connectivity index (χ0v) is 16.4. The van der Waals surface area contributed by atoms with Gasteiger partial charge in [-0.15, -0.1) is 0 Å². The summed E-state index contributed by atoms with van der Waals surface area (Å²) in [4.78, 5) is 10.6. The van der Waals surface area contributed by atoms with Crippen LogP contribution in [0, 0.1) is 0 Å². The van der Waals surface area contributed by atoms with E-state index in [2.05, 4.69) is 45.3 Å². The van der Waals surface area contributed by atoms with Gasteiger partial charge in [0.25, 0.3) is 0 Å². The molecule has 0 amide bonds. The first-order chi connectivity index (χ1) is 11.9. The molecular formula is C18H27ClN6. The minimum atomic E-state index is 0.400. The smallest absolute Gasteiger partial charge is 0.193 e. The first-order valence-electron chi connectivity index (χ1n) is 8.45. The normalized spacial score (nSPS) is 11.9. The molecule has 0 aromatic carbocycles. The monoisotopic (exact) mass is 362 g/mol. The SMILES string of the molecule is CN=C(NCCc1ccc(Cl)nc1)N(C)Cc1cn(C)nc1C(C)C. The van der Waals surface area contributed by atoms with Crippen molar-refractivity contribution in [3.63, 3.8) is 0 Å². The van der Waals surface area contributed by atoms with Gasteiger partial charge in [-0.3, -0.25) is 9.67 Å². The van der Waals surface area contributed by atoms with Crippen LogP contribution < -0.4 is 5.32 Å². The fraction of sp³-hybridized carbons (Fsp3) is 0.500. The van der Waals surface area contributed by atoms with Gasteiger partial charge in [-0.2, -0.15) is 5.10 Å². The lowest BCUT2D eigenvalue weighted by atomic mass is 10.1. The van der Waals surface area contributed by atoms with Crippen LogP contribution >= 0.6 is 11.6 Å². The number of pyridine rings is 1. The van der Waals surface area contributed by atoms with Gasteiger partial charge in [0.15, 0.2) is 5.96 Å². The summed E-state index contributed by atoms with van der Waals surface area (Å²) in [7, 11) is 5.80. The van der Waals surface area contributed by atoms with Crippen LogP contribution in [-0.4, -0.2) is 46.3 Å². The Morgan fingerprint density at radius 3 is 2.76 bits per heavy atom. The fourth-order valence-electron chi connectivity index (χ4n) is 2.75. The largest absolute Gasteiger partial charge is 0.356 e. The fourth-order valence-corrected chi connectivity index (χ4v) is 2.86. The van der Waals surface area contributed by atoms with E-state index in [9.17, 15) is 0 Å². The summed E-state index contributed by atoms with van der Waals surface area (Å²) in [6.07, 6.45) is 4.75. The van der Waals surface area contributed by atoms with Gasteiger partial charge in [0, 0.05) is 52.2 Å². The molecule has 0 radical (unpaired) electrons. The first kappa shape index (κ1) is 19.2. The number of aryl methyl sites for hydroxylation is 1. The number of nitrogens with zero attached hydrogens (tertiary/aromatic N) is 5. The molecule has 7 heteroatoms. The Balaban J connectivity index is 1.92. The molecule has 2 rings (SSSR count). The van der Waals surface area contributed by atoms with Crippen molar-refractivity contribution in [3.05, 3.63) is 46.5 Å². The van der Waals surface area contributed by atoms with Gasteiger partial charge in [0.1, 0.15) is 5.15 Å². The van der Waals surface area contributed by atoms with Crippen molar-refractivity contribution >= 4 is 17.6 Å². The predicted molar refractivity (Wildman–Crippen MR) is 103 cm³/mol. The maximum atomic E-state index is 5.81. The molecule has 2 heterocycles. The summed E-state index contributed by atoms with van der Waals surface area (Å²) >= 11 is 5.81. The maximum absolute atomic E-state index is 5.81.